The van der Waals surface area contributed by atoms with Crippen molar-refractivity contribution in [3.8, 4) is 0 Å². The van der Waals surface area contributed by atoms with Gasteiger partial charge in [-0.25, -0.2) is 13.2 Å². The molecule has 1 saturated heterocycles. The lowest BCUT2D eigenvalue weighted by atomic mass is 9.78. The van der Waals surface area contributed by atoms with Gasteiger partial charge in [0.05, 0.1) is 13.2 Å². The Morgan fingerprint density at radius 3 is 1.77 bits per heavy atom. The summed E-state index contributed by atoms with van der Waals surface area (Å²) < 4.78 is 116. The molecule has 0 unspecified atom stereocenters. The number of rotatable bonds is 4. The molecule has 2 aromatic rings. The molecule has 1 aliphatic heterocycles. The molecule has 0 bridgehead atoms. The van der Waals surface area contributed by atoms with Gasteiger partial charge in [0.25, 0.3) is 0 Å². The predicted molar refractivity (Wildman–Crippen MR) is 111 cm³/mol. The van der Waals surface area contributed by atoms with Crippen LogP contribution >= 0.6 is 0 Å². The molecule has 0 radical (unpaired) electrons. The molecule has 1 saturated carbocycles. The van der Waals surface area contributed by atoms with Gasteiger partial charge in [-0.1, -0.05) is 24.3 Å². The molecular formula is C25H22F8O2. The Morgan fingerprint density at radius 2 is 1.29 bits per heavy atom. The number of ether oxygens (including phenoxy) is 2. The smallest absolute Gasteiger partial charge is 0.352 e. The molecule has 190 valence electrons. The van der Waals surface area contributed by atoms with E-state index in [1.54, 1.807) is 12.1 Å². The lowest BCUT2D eigenvalue weighted by Crippen LogP contribution is -2.37. The van der Waals surface area contributed by atoms with Gasteiger partial charge in [0, 0.05) is 17.4 Å². The summed E-state index contributed by atoms with van der Waals surface area (Å²) in [5.41, 5.74) is -1.12. The lowest BCUT2D eigenvalue weighted by Gasteiger charge is -2.38. The van der Waals surface area contributed by atoms with Crippen LogP contribution in [0.1, 0.15) is 59.8 Å². The van der Waals surface area contributed by atoms with Crippen LogP contribution in [-0.2, 0) is 15.7 Å². The standard InChI is InChI=1S/C25H22F8O2/c26-19-9-17(10-20(27)21(19)25(31,32)33)13-3-7-16(8-4-13)24-34-11-18(12-35-24)14-1-5-15(6-2-14)22(28)23(29)30/h1-2,5-6,9-10,13,16,18,24H,3-4,7-8,11-12H2. The third-order valence-corrected chi connectivity index (χ3v) is 6.70. The lowest BCUT2D eigenvalue weighted by molar-refractivity contribution is -0.217. The minimum atomic E-state index is -5.10. The van der Waals surface area contributed by atoms with Gasteiger partial charge in [-0.15, -0.1) is 0 Å². The van der Waals surface area contributed by atoms with Crippen LogP contribution in [-0.4, -0.2) is 19.5 Å². The fourth-order valence-corrected chi connectivity index (χ4v) is 4.82. The van der Waals surface area contributed by atoms with Crippen molar-refractivity contribution in [1.29, 1.82) is 0 Å². The summed E-state index contributed by atoms with van der Waals surface area (Å²) in [6, 6.07) is 7.16. The molecule has 0 N–H and O–H groups in total. The maximum Gasteiger partial charge on any atom is 0.422 e. The topological polar surface area (TPSA) is 18.5 Å². The third kappa shape index (κ3) is 5.69. The highest BCUT2D eigenvalue weighted by Crippen LogP contribution is 2.42. The molecule has 4 rings (SSSR count). The van der Waals surface area contributed by atoms with E-state index in [4.69, 9.17) is 9.47 Å². The SMILES string of the molecule is FC(F)=C(F)c1ccc(C2COC(C3CCC(c4cc(F)c(C(F)(F)F)c(F)c4)CC3)OC2)cc1. The van der Waals surface area contributed by atoms with Gasteiger partial charge in [-0.2, -0.15) is 22.0 Å². The van der Waals surface area contributed by atoms with Crippen LogP contribution in [0.3, 0.4) is 0 Å². The number of halogens is 8. The Hall–Kier alpha value is -2.46. The first kappa shape index (κ1) is 25.6. The van der Waals surface area contributed by atoms with Crippen molar-refractivity contribution < 1.29 is 44.6 Å². The zero-order chi connectivity index (χ0) is 25.3. The summed E-state index contributed by atoms with van der Waals surface area (Å²) in [6.45, 7) is 0.629. The number of hydrogen-bond acceptors (Lipinski definition) is 2. The first-order chi connectivity index (χ1) is 16.5. The molecule has 1 aliphatic carbocycles. The van der Waals surface area contributed by atoms with E-state index in [9.17, 15) is 35.1 Å². The van der Waals surface area contributed by atoms with Gasteiger partial charge < -0.3 is 9.47 Å². The Morgan fingerprint density at radius 1 is 0.743 bits per heavy atom. The van der Waals surface area contributed by atoms with E-state index >= 15 is 0 Å². The van der Waals surface area contributed by atoms with Crippen LogP contribution in [0.4, 0.5) is 35.1 Å². The normalized spacial score (nSPS) is 25.4. The third-order valence-electron chi connectivity index (χ3n) is 6.70. The molecule has 0 spiro atoms. The number of benzene rings is 2. The van der Waals surface area contributed by atoms with Crippen molar-refractivity contribution in [3.05, 3.63) is 76.4 Å². The summed E-state index contributed by atoms with van der Waals surface area (Å²) in [7, 11) is 0. The van der Waals surface area contributed by atoms with Crippen molar-refractivity contribution in [3.63, 3.8) is 0 Å². The minimum Gasteiger partial charge on any atom is -0.352 e. The van der Waals surface area contributed by atoms with E-state index in [2.05, 4.69) is 0 Å². The second kappa shape index (κ2) is 10.3. The van der Waals surface area contributed by atoms with Crippen molar-refractivity contribution >= 4 is 5.83 Å². The van der Waals surface area contributed by atoms with E-state index in [1.807, 2.05) is 0 Å². The van der Waals surface area contributed by atoms with Crippen molar-refractivity contribution in [2.75, 3.05) is 13.2 Å². The molecule has 2 fully saturated rings. The van der Waals surface area contributed by atoms with Gasteiger partial charge in [0.1, 0.15) is 17.2 Å². The van der Waals surface area contributed by atoms with E-state index < -0.39 is 41.6 Å². The van der Waals surface area contributed by atoms with Gasteiger partial charge in [0.15, 0.2) is 12.1 Å². The first-order valence-corrected chi connectivity index (χ1v) is 11.1. The van der Waals surface area contributed by atoms with Gasteiger partial charge in [-0.3, -0.25) is 0 Å². The number of hydrogen-bond donors (Lipinski definition) is 0. The molecule has 0 aromatic heterocycles. The van der Waals surface area contributed by atoms with Gasteiger partial charge in [0.2, 0.25) is 0 Å². The molecule has 2 aromatic carbocycles. The van der Waals surface area contributed by atoms with Crippen LogP contribution in [0.2, 0.25) is 0 Å². The van der Waals surface area contributed by atoms with Crippen LogP contribution in [0, 0.1) is 17.6 Å². The molecule has 0 atom stereocenters. The van der Waals surface area contributed by atoms with Gasteiger partial charge in [-0.05, 0) is 54.9 Å². The maximum absolute atomic E-state index is 13.9. The summed E-state index contributed by atoms with van der Waals surface area (Å²) in [6.07, 6.45) is -5.71. The fraction of sp³-hybridized carbons (Fsp3) is 0.440. The average Bonchev–Trinajstić information content (AvgIpc) is 2.82. The molecular weight excluding hydrogens is 484 g/mol. The minimum absolute atomic E-state index is 0.0190. The summed E-state index contributed by atoms with van der Waals surface area (Å²) >= 11 is 0. The predicted octanol–water partition coefficient (Wildman–Crippen LogP) is 7.95. The summed E-state index contributed by atoms with van der Waals surface area (Å²) in [5.74, 6) is -5.19. The second-order valence-electron chi connectivity index (χ2n) is 8.90. The summed E-state index contributed by atoms with van der Waals surface area (Å²) in [4.78, 5) is 0. The highest BCUT2D eigenvalue weighted by molar-refractivity contribution is 5.59. The van der Waals surface area contributed by atoms with Crippen LogP contribution in [0.15, 0.2) is 42.5 Å². The quantitative estimate of drug-likeness (QED) is 0.392. The molecule has 1 heterocycles. The van der Waals surface area contributed by atoms with E-state index in [-0.39, 0.29) is 28.9 Å². The Kier molecular flexibility index (Phi) is 7.51. The Balaban J connectivity index is 1.31. The molecule has 10 heteroatoms. The van der Waals surface area contributed by atoms with E-state index in [0.29, 0.717) is 38.9 Å². The zero-order valence-electron chi connectivity index (χ0n) is 18.4. The molecule has 2 aliphatic rings. The van der Waals surface area contributed by atoms with Crippen LogP contribution in [0.5, 0.6) is 0 Å². The van der Waals surface area contributed by atoms with Crippen molar-refractivity contribution in [1.82, 2.24) is 0 Å². The van der Waals surface area contributed by atoms with E-state index in [0.717, 1.165) is 17.7 Å². The fourth-order valence-electron chi connectivity index (χ4n) is 4.82. The highest BCUT2D eigenvalue weighted by atomic mass is 19.4. The largest absolute Gasteiger partial charge is 0.422 e. The van der Waals surface area contributed by atoms with E-state index in [1.165, 1.54) is 12.1 Å². The highest BCUT2D eigenvalue weighted by Gasteiger charge is 2.39. The van der Waals surface area contributed by atoms with Crippen molar-refractivity contribution in [2.45, 2.75) is 50.0 Å². The Labute approximate surface area is 196 Å². The average molecular weight is 506 g/mol. The number of alkyl halides is 3. The molecule has 2 nitrogen and oxygen atoms in total. The monoisotopic (exact) mass is 506 g/mol. The van der Waals surface area contributed by atoms with Crippen molar-refractivity contribution in [2.24, 2.45) is 5.92 Å². The molecule has 35 heavy (non-hydrogen) atoms. The maximum atomic E-state index is 13.9. The first-order valence-electron chi connectivity index (χ1n) is 11.1. The van der Waals surface area contributed by atoms with Crippen LogP contribution in [0.25, 0.3) is 5.83 Å². The van der Waals surface area contributed by atoms with Gasteiger partial charge >= 0.3 is 12.3 Å². The second-order valence-corrected chi connectivity index (χ2v) is 8.90. The van der Waals surface area contributed by atoms with Crippen LogP contribution < -0.4 is 0 Å². The Bertz CT molecular complexity index is 1040. The molecule has 0 amide bonds. The summed E-state index contributed by atoms with van der Waals surface area (Å²) in [5, 5.41) is 0. The zero-order valence-corrected chi connectivity index (χ0v) is 18.4.